The molecule has 4 nitrogen and oxygen atoms in total. The molecule has 1 heterocycles. The van der Waals surface area contributed by atoms with Gasteiger partial charge in [-0.05, 0) is 43.0 Å². The van der Waals surface area contributed by atoms with Crippen LogP contribution in [-0.4, -0.2) is 61.9 Å². The van der Waals surface area contributed by atoms with Gasteiger partial charge in [0.05, 0.1) is 6.54 Å². The molecule has 24 heavy (non-hydrogen) atoms. The first-order chi connectivity index (χ1) is 11.0. The molecule has 2 rings (SSSR count). The highest BCUT2D eigenvalue weighted by molar-refractivity contribution is 14.0. The van der Waals surface area contributed by atoms with E-state index in [4.69, 9.17) is 4.99 Å². The van der Waals surface area contributed by atoms with Gasteiger partial charge in [0.25, 0.3) is 0 Å². The molecular formula is C19H33IN4. The molecule has 1 saturated heterocycles. The molecule has 0 spiro atoms. The van der Waals surface area contributed by atoms with Crippen LogP contribution in [0.4, 0.5) is 0 Å². The molecule has 0 saturated carbocycles. The van der Waals surface area contributed by atoms with Crippen molar-refractivity contribution in [3.05, 3.63) is 35.4 Å². The first kappa shape index (κ1) is 21.2. The molecule has 0 N–H and O–H groups in total. The van der Waals surface area contributed by atoms with Crippen LogP contribution in [0.5, 0.6) is 0 Å². The quantitative estimate of drug-likeness (QED) is 0.403. The van der Waals surface area contributed by atoms with Crippen LogP contribution in [-0.2, 0) is 13.1 Å². The molecule has 0 aliphatic carbocycles. The number of benzene rings is 1. The SMILES string of the molecule is CC1CCN(Cc2cccc(CN=C(N(C)C)N(C)C)c2)CC1.I. The molecule has 1 aromatic carbocycles. The van der Waals surface area contributed by atoms with E-state index >= 15 is 0 Å². The third-order valence-corrected chi connectivity index (χ3v) is 4.48. The zero-order valence-corrected chi connectivity index (χ0v) is 18.2. The number of hydrogen-bond donors (Lipinski definition) is 0. The summed E-state index contributed by atoms with van der Waals surface area (Å²) in [4.78, 5) is 11.4. The molecule has 1 aliphatic heterocycles. The highest BCUT2D eigenvalue weighted by Gasteiger charge is 2.15. The lowest BCUT2D eigenvalue weighted by molar-refractivity contribution is 0.185. The van der Waals surface area contributed by atoms with Gasteiger partial charge in [-0.15, -0.1) is 24.0 Å². The summed E-state index contributed by atoms with van der Waals surface area (Å²) >= 11 is 0. The van der Waals surface area contributed by atoms with Gasteiger partial charge in [-0.3, -0.25) is 4.90 Å². The minimum atomic E-state index is 0. The van der Waals surface area contributed by atoms with Crippen molar-refractivity contribution in [3.8, 4) is 0 Å². The number of piperidine rings is 1. The molecule has 0 unspecified atom stereocenters. The molecule has 0 bridgehead atoms. The number of aliphatic imine (C=N–C) groups is 1. The molecule has 0 aromatic heterocycles. The van der Waals surface area contributed by atoms with Gasteiger partial charge < -0.3 is 9.80 Å². The van der Waals surface area contributed by atoms with Gasteiger partial charge in [0, 0.05) is 34.7 Å². The van der Waals surface area contributed by atoms with Gasteiger partial charge >= 0.3 is 0 Å². The van der Waals surface area contributed by atoms with Crippen LogP contribution in [0.25, 0.3) is 0 Å². The first-order valence-corrected chi connectivity index (χ1v) is 8.65. The molecule has 1 aliphatic rings. The predicted octanol–water partition coefficient (Wildman–Crippen LogP) is 3.52. The highest BCUT2D eigenvalue weighted by atomic mass is 127. The van der Waals surface area contributed by atoms with Crippen LogP contribution in [0.2, 0.25) is 0 Å². The van der Waals surface area contributed by atoms with E-state index in [1.165, 1.54) is 37.1 Å². The van der Waals surface area contributed by atoms with E-state index < -0.39 is 0 Å². The molecule has 1 aromatic rings. The van der Waals surface area contributed by atoms with Crippen molar-refractivity contribution in [1.29, 1.82) is 0 Å². The van der Waals surface area contributed by atoms with Gasteiger partial charge in [-0.1, -0.05) is 31.2 Å². The van der Waals surface area contributed by atoms with E-state index in [2.05, 4.69) is 45.9 Å². The highest BCUT2D eigenvalue weighted by Crippen LogP contribution is 2.18. The van der Waals surface area contributed by atoms with E-state index in [1.807, 2.05) is 28.2 Å². The summed E-state index contributed by atoms with van der Waals surface area (Å²) < 4.78 is 0. The molecule has 0 atom stereocenters. The maximum Gasteiger partial charge on any atom is 0.195 e. The maximum atomic E-state index is 4.75. The third kappa shape index (κ3) is 6.59. The fourth-order valence-electron chi connectivity index (χ4n) is 3.15. The molecule has 136 valence electrons. The van der Waals surface area contributed by atoms with Gasteiger partial charge in [-0.2, -0.15) is 0 Å². The number of guanidine groups is 1. The average molecular weight is 444 g/mol. The van der Waals surface area contributed by atoms with E-state index in [1.54, 1.807) is 0 Å². The zero-order chi connectivity index (χ0) is 16.8. The van der Waals surface area contributed by atoms with Crippen molar-refractivity contribution in [2.75, 3.05) is 41.3 Å². The maximum absolute atomic E-state index is 4.75. The normalized spacial score (nSPS) is 15.5. The van der Waals surface area contributed by atoms with Crippen molar-refractivity contribution in [3.63, 3.8) is 0 Å². The topological polar surface area (TPSA) is 22.1 Å². The number of hydrogen-bond acceptors (Lipinski definition) is 2. The second-order valence-corrected chi connectivity index (χ2v) is 7.18. The Labute approximate surface area is 164 Å². The van der Waals surface area contributed by atoms with E-state index in [9.17, 15) is 0 Å². The van der Waals surface area contributed by atoms with Crippen molar-refractivity contribution >= 4 is 29.9 Å². The first-order valence-electron chi connectivity index (χ1n) is 8.65. The second-order valence-electron chi connectivity index (χ2n) is 7.18. The third-order valence-electron chi connectivity index (χ3n) is 4.48. The lowest BCUT2D eigenvalue weighted by Gasteiger charge is -2.30. The predicted molar refractivity (Wildman–Crippen MR) is 114 cm³/mol. The van der Waals surface area contributed by atoms with Gasteiger partial charge in [0.15, 0.2) is 5.96 Å². The number of halogens is 1. The molecule has 5 heteroatoms. The zero-order valence-electron chi connectivity index (χ0n) is 15.8. The van der Waals surface area contributed by atoms with Crippen LogP contribution in [0.15, 0.2) is 29.3 Å². The summed E-state index contributed by atoms with van der Waals surface area (Å²) in [6.45, 7) is 6.63. The lowest BCUT2D eigenvalue weighted by atomic mass is 9.98. The molecular weight excluding hydrogens is 411 g/mol. The van der Waals surface area contributed by atoms with Crippen LogP contribution in [0.1, 0.15) is 30.9 Å². The lowest BCUT2D eigenvalue weighted by Crippen LogP contribution is -2.35. The van der Waals surface area contributed by atoms with E-state index in [0.29, 0.717) is 0 Å². The Hall–Kier alpha value is -0.820. The Balaban J connectivity index is 0.00000288. The van der Waals surface area contributed by atoms with Crippen molar-refractivity contribution < 1.29 is 0 Å². The van der Waals surface area contributed by atoms with Crippen molar-refractivity contribution in [2.24, 2.45) is 10.9 Å². The Morgan fingerprint density at radius 1 is 1.08 bits per heavy atom. The Kier molecular flexibility index (Phi) is 9.05. The molecule has 0 amide bonds. The minimum absolute atomic E-state index is 0. The number of rotatable bonds is 4. The minimum Gasteiger partial charge on any atom is -0.349 e. The summed E-state index contributed by atoms with van der Waals surface area (Å²) in [5.74, 6) is 1.89. The summed E-state index contributed by atoms with van der Waals surface area (Å²) in [7, 11) is 8.14. The Morgan fingerprint density at radius 2 is 1.67 bits per heavy atom. The van der Waals surface area contributed by atoms with Crippen LogP contribution < -0.4 is 0 Å². The Morgan fingerprint density at radius 3 is 2.25 bits per heavy atom. The monoisotopic (exact) mass is 444 g/mol. The number of likely N-dealkylation sites (tertiary alicyclic amines) is 1. The molecule has 1 fully saturated rings. The van der Waals surface area contributed by atoms with Gasteiger partial charge in [0.1, 0.15) is 0 Å². The van der Waals surface area contributed by atoms with E-state index in [0.717, 1.165) is 25.0 Å². The average Bonchev–Trinajstić information content (AvgIpc) is 2.49. The summed E-state index contributed by atoms with van der Waals surface area (Å²) in [5, 5.41) is 0. The van der Waals surface area contributed by atoms with Crippen LogP contribution in [0, 0.1) is 5.92 Å². The standard InChI is InChI=1S/C19H32N4.HI/c1-16-9-11-23(12-10-16)15-18-8-6-7-17(13-18)14-20-19(21(2)3)22(4)5;/h6-8,13,16H,9-12,14-15H2,1-5H3;1H. The molecule has 0 radical (unpaired) electrons. The van der Waals surface area contributed by atoms with Gasteiger partial charge in [0.2, 0.25) is 0 Å². The van der Waals surface area contributed by atoms with E-state index in [-0.39, 0.29) is 24.0 Å². The fraction of sp³-hybridized carbons (Fsp3) is 0.632. The summed E-state index contributed by atoms with van der Waals surface area (Å²) in [6.07, 6.45) is 2.66. The smallest absolute Gasteiger partial charge is 0.195 e. The summed E-state index contributed by atoms with van der Waals surface area (Å²) in [6, 6.07) is 8.89. The Bertz CT molecular complexity index is 510. The second kappa shape index (κ2) is 10.2. The largest absolute Gasteiger partial charge is 0.349 e. The van der Waals surface area contributed by atoms with Crippen LogP contribution >= 0.6 is 24.0 Å². The number of nitrogens with zero attached hydrogens (tertiary/aromatic N) is 4. The van der Waals surface area contributed by atoms with Crippen molar-refractivity contribution in [1.82, 2.24) is 14.7 Å². The fourth-order valence-corrected chi connectivity index (χ4v) is 3.15. The van der Waals surface area contributed by atoms with Gasteiger partial charge in [-0.25, -0.2) is 4.99 Å². The van der Waals surface area contributed by atoms with Crippen LogP contribution in [0.3, 0.4) is 0 Å². The summed E-state index contributed by atoms with van der Waals surface area (Å²) in [5.41, 5.74) is 2.69. The van der Waals surface area contributed by atoms with Crippen molar-refractivity contribution in [2.45, 2.75) is 32.9 Å².